The molecule has 1 unspecified atom stereocenters. The van der Waals surface area contributed by atoms with E-state index in [1.54, 1.807) is 6.07 Å². The van der Waals surface area contributed by atoms with Crippen LogP contribution in [0.15, 0.2) is 71.4 Å². The third kappa shape index (κ3) is 5.23. The van der Waals surface area contributed by atoms with Gasteiger partial charge >= 0.3 is 5.97 Å². The minimum atomic E-state index is -0.801. The Morgan fingerprint density at radius 3 is 2.31 bits per heavy atom. The molecular formula is C27H30BrN3O5. The molecule has 8 nitrogen and oxygen atoms in total. The molecule has 3 aliphatic heterocycles. The normalized spacial score (nSPS) is 24.3. The first-order valence-electron chi connectivity index (χ1n) is 12.0. The number of nitrogens with zero attached hydrogens (tertiary/aromatic N) is 2. The molecule has 0 radical (unpaired) electrons. The topological polar surface area (TPSA) is 102 Å². The average Bonchev–Trinajstić information content (AvgIpc) is 3.17. The third-order valence-electron chi connectivity index (χ3n) is 7.38. The number of hydrogen-bond acceptors (Lipinski definition) is 6. The second kappa shape index (κ2) is 10.5. The third-order valence-corrected chi connectivity index (χ3v) is 7.38. The summed E-state index contributed by atoms with van der Waals surface area (Å²) in [6, 6.07) is 19.3. The second-order valence-electron chi connectivity index (χ2n) is 9.67. The Bertz CT molecular complexity index is 1170. The summed E-state index contributed by atoms with van der Waals surface area (Å²) >= 11 is 0. The van der Waals surface area contributed by atoms with Crippen LogP contribution in [0.1, 0.15) is 36.5 Å². The Hall–Kier alpha value is -3.01. The summed E-state index contributed by atoms with van der Waals surface area (Å²) in [7, 11) is 0. The van der Waals surface area contributed by atoms with E-state index in [2.05, 4.69) is 10.5 Å². The van der Waals surface area contributed by atoms with Crippen molar-refractivity contribution in [2.24, 2.45) is 5.92 Å². The Balaban J connectivity index is 0.000000176. The van der Waals surface area contributed by atoms with Gasteiger partial charge in [-0.25, -0.2) is 0 Å². The molecule has 1 aromatic heterocycles. The molecule has 3 saturated heterocycles. The fourth-order valence-electron chi connectivity index (χ4n) is 5.58. The van der Waals surface area contributed by atoms with Crippen molar-refractivity contribution in [2.75, 3.05) is 31.5 Å². The maximum atomic E-state index is 12.2. The molecule has 3 aromatic rings. The number of quaternary nitrogens is 1. The zero-order valence-corrected chi connectivity index (χ0v) is 21.7. The van der Waals surface area contributed by atoms with Gasteiger partial charge in [-0.1, -0.05) is 59.8 Å². The van der Waals surface area contributed by atoms with Gasteiger partial charge in [-0.3, -0.25) is 9.59 Å². The number of fused-ring (bicyclic) bond motifs is 4. The van der Waals surface area contributed by atoms with Crippen molar-refractivity contribution in [3.63, 3.8) is 0 Å². The highest BCUT2D eigenvalue weighted by Crippen LogP contribution is 2.51. The van der Waals surface area contributed by atoms with Gasteiger partial charge in [-0.15, -0.1) is 0 Å². The van der Waals surface area contributed by atoms with Crippen molar-refractivity contribution in [1.82, 2.24) is 5.16 Å². The number of esters is 1. The maximum absolute atomic E-state index is 12.2. The summed E-state index contributed by atoms with van der Waals surface area (Å²) in [5.74, 6) is 0.568. The highest BCUT2D eigenvalue weighted by molar-refractivity contribution is 5.90. The van der Waals surface area contributed by atoms with Gasteiger partial charge in [0.2, 0.25) is 0 Å². The molecular weight excluding hydrogens is 526 g/mol. The summed E-state index contributed by atoms with van der Waals surface area (Å²) in [5, 5.41) is 16.8. The molecule has 36 heavy (non-hydrogen) atoms. The first-order chi connectivity index (χ1) is 16.9. The monoisotopic (exact) mass is 555 g/mol. The summed E-state index contributed by atoms with van der Waals surface area (Å²) in [6.45, 7) is 4.50. The first kappa shape index (κ1) is 26.1. The number of benzene rings is 2. The van der Waals surface area contributed by atoms with E-state index < -0.39 is 5.60 Å². The second-order valence-corrected chi connectivity index (χ2v) is 9.67. The number of aliphatic hydroxyl groups is 1. The van der Waals surface area contributed by atoms with E-state index in [1.807, 2.05) is 54.6 Å². The van der Waals surface area contributed by atoms with Crippen LogP contribution < -0.4 is 22.3 Å². The standard InChI is InChI=1S/C14H19N3O4.C13H10O.BrH/c1-10(18)21-12-8-17(5-2-11(12)3-6-17)9-14(19)15-13-4-7-20-16-13;14-13(10-6-2-1-3-7-10)11-8-4-5-9-12(11)13;/h4,7,11-12H,2-3,5-6,8-9H2,1H3;1-9,14H;1H. The molecule has 4 heterocycles. The number of nitrogens with one attached hydrogen (secondary N) is 1. The fraction of sp³-hybridized carbons (Fsp3) is 0.370. The number of aromatic nitrogens is 1. The minimum Gasteiger partial charge on any atom is -1.00 e. The molecule has 2 aromatic carbocycles. The van der Waals surface area contributed by atoms with Gasteiger partial charge in [0.1, 0.15) is 18.4 Å². The minimum absolute atomic E-state index is 0. The molecule has 190 valence electrons. The Labute approximate surface area is 220 Å². The Morgan fingerprint density at radius 2 is 1.72 bits per heavy atom. The van der Waals surface area contributed by atoms with E-state index in [-0.39, 0.29) is 35.0 Å². The molecule has 1 aliphatic carbocycles. The number of hydrogen-bond donors (Lipinski definition) is 2. The van der Waals surface area contributed by atoms with E-state index in [1.165, 1.54) is 13.2 Å². The van der Waals surface area contributed by atoms with Crippen LogP contribution in [-0.4, -0.2) is 58.9 Å². The van der Waals surface area contributed by atoms with Gasteiger partial charge in [-0.2, -0.15) is 0 Å². The SMILES string of the molecule is CC(=O)OC1C[N+]2(CC(=O)Nc3ccon3)CCC1CC2.OC1(c2ccccc2)c2ccccc21.[Br-]. The number of amides is 1. The highest BCUT2D eigenvalue weighted by Gasteiger charge is 2.50. The van der Waals surface area contributed by atoms with Crippen LogP contribution in [0.25, 0.3) is 0 Å². The van der Waals surface area contributed by atoms with Crippen LogP contribution in [-0.2, 0) is 19.9 Å². The van der Waals surface area contributed by atoms with Gasteiger partial charge < -0.3 is 41.1 Å². The van der Waals surface area contributed by atoms with Crippen molar-refractivity contribution in [1.29, 1.82) is 0 Å². The van der Waals surface area contributed by atoms with Crippen LogP contribution in [0.3, 0.4) is 0 Å². The Morgan fingerprint density at radius 1 is 1.08 bits per heavy atom. The quantitative estimate of drug-likeness (QED) is 0.341. The van der Waals surface area contributed by atoms with Gasteiger partial charge in [0.25, 0.3) is 5.91 Å². The molecule has 2 N–H and O–H groups in total. The average molecular weight is 556 g/mol. The van der Waals surface area contributed by atoms with E-state index in [9.17, 15) is 14.7 Å². The lowest BCUT2D eigenvalue weighted by Gasteiger charge is -2.51. The number of carbonyl (C=O) groups excluding carboxylic acids is 2. The van der Waals surface area contributed by atoms with E-state index in [4.69, 9.17) is 9.26 Å². The van der Waals surface area contributed by atoms with Crippen LogP contribution >= 0.6 is 0 Å². The first-order valence-corrected chi connectivity index (χ1v) is 12.0. The number of rotatable bonds is 5. The molecule has 0 saturated carbocycles. The summed E-state index contributed by atoms with van der Waals surface area (Å²) in [5.41, 5.74) is 2.23. The number of halogens is 1. The molecule has 2 bridgehead atoms. The largest absolute Gasteiger partial charge is 1.00 e. The summed E-state index contributed by atoms with van der Waals surface area (Å²) < 4.78 is 10.8. The van der Waals surface area contributed by atoms with Gasteiger partial charge in [0.15, 0.2) is 18.5 Å². The Kier molecular flexibility index (Phi) is 7.63. The highest BCUT2D eigenvalue weighted by atomic mass is 79.9. The van der Waals surface area contributed by atoms with E-state index in [0.29, 0.717) is 22.8 Å². The molecule has 1 atom stereocenters. The molecule has 3 fully saturated rings. The van der Waals surface area contributed by atoms with Crippen LogP contribution in [0.2, 0.25) is 0 Å². The van der Waals surface area contributed by atoms with E-state index in [0.717, 1.165) is 49.2 Å². The predicted octanol–water partition coefficient (Wildman–Crippen LogP) is 0.0734. The van der Waals surface area contributed by atoms with Crippen LogP contribution in [0, 0.1) is 5.92 Å². The lowest BCUT2D eigenvalue weighted by molar-refractivity contribution is -0.938. The van der Waals surface area contributed by atoms with Crippen LogP contribution in [0.4, 0.5) is 5.82 Å². The molecule has 0 spiro atoms. The lowest BCUT2D eigenvalue weighted by atomic mass is 9.83. The number of ether oxygens (including phenoxy) is 1. The lowest BCUT2D eigenvalue weighted by Crippen LogP contribution is -3.00. The van der Waals surface area contributed by atoms with E-state index >= 15 is 0 Å². The number of carbonyl (C=O) groups is 2. The molecule has 4 aliphatic rings. The summed E-state index contributed by atoms with van der Waals surface area (Å²) in [4.78, 5) is 23.4. The van der Waals surface area contributed by atoms with Crippen molar-refractivity contribution in [3.8, 4) is 0 Å². The smallest absolute Gasteiger partial charge is 0.303 e. The van der Waals surface area contributed by atoms with Gasteiger partial charge in [-0.05, 0) is 16.7 Å². The van der Waals surface area contributed by atoms with Crippen molar-refractivity contribution >= 4 is 17.7 Å². The van der Waals surface area contributed by atoms with Gasteiger partial charge in [0.05, 0.1) is 13.1 Å². The van der Waals surface area contributed by atoms with Crippen molar-refractivity contribution < 1.29 is 45.4 Å². The number of piperidine rings is 3. The molecule has 7 rings (SSSR count). The van der Waals surface area contributed by atoms with Crippen molar-refractivity contribution in [3.05, 3.63) is 83.6 Å². The van der Waals surface area contributed by atoms with Crippen molar-refractivity contribution in [2.45, 2.75) is 31.5 Å². The summed E-state index contributed by atoms with van der Waals surface area (Å²) in [6.07, 6.45) is 3.39. The van der Waals surface area contributed by atoms with Crippen LogP contribution in [0.5, 0.6) is 0 Å². The molecule has 1 amide bonds. The predicted molar refractivity (Wildman–Crippen MR) is 128 cm³/mol. The maximum Gasteiger partial charge on any atom is 0.303 e. The number of anilines is 1. The van der Waals surface area contributed by atoms with Gasteiger partial charge in [0, 0.05) is 31.7 Å². The zero-order valence-electron chi connectivity index (χ0n) is 20.1. The molecule has 9 heteroatoms. The fourth-order valence-corrected chi connectivity index (χ4v) is 5.58. The zero-order chi connectivity index (χ0) is 24.5.